The fourth-order valence-electron chi connectivity index (χ4n) is 4.20. The van der Waals surface area contributed by atoms with E-state index in [1.807, 2.05) is 47.4 Å². The molecule has 2 aromatic carbocycles. The van der Waals surface area contributed by atoms with E-state index >= 15 is 0 Å². The zero-order valence-electron chi connectivity index (χ0n) is 19.2. The molecule has 2 heterocycles. The number of piperidine rings is 1. The second-order valence-electron chi connectivity index (χ2n) is 9.48. The highest BCUT2D eigenvalue weighted by Crippen LogP contribution is 2.28. The van der Waals surface area contributed by atoms with Crippen molar-refractivity contribution in [1.29, 1.82) is 0 Å². The number of urea groups is 1. The van der Waals surface area contributed by atoms with Crippen LogP contribution in [-0.4, -0.2) is 38.4 Å². The number of aryl methyl sites for hydroxylation is 1. The average molecular weight is 434 g/mol. The van der Waals surface area contributed by atoms with Gasteiger partial charge >= 0.3 is 11.7 Å². The van der Waals surface area contributed by atoms with Crippen LogP contribution in [-0.2, 0) is 12.5 Å². The molecule has 1 aromatic heterocycles. The minimum atomic E-state index is -0.174. The number of anilines is 1. The van der Waals surface area contributed by atoms with Crippen molar-refractivity contribution in [3.63, 3.8) is 0 Å². The highest BCUT2D eigenvalue weighted by Gasteiger charge is 2.30. The first-order valence-corrected chi connectivity index (χ1v) is 11.1. The highest BCUT2D eigenvalue weighted by atomic mass is 16.2. The summed E-state index contributed by atoms with van der Waals surface area (Å²) in [4.78, 5) is 27.6. The number of hydrogen-bond donors (Lipinski definition) is 1. The van der Waals surface area contributed by atoms with Gasteiger partial charge in [0.05, 0.1) is 5.69 Å². The van der Waals surface area contributed by atoms with Crippen molar-refractivity contribution in [1.82, 2.24) is 19.2 Å². The highest BCUT2D eigenvalue weighted by molar-refractivity contribution is 5.89. The van der Waals surface area contributed by atoms with Gasteiger partial charge < -0.3 is 10.2 Å². The maximum Gasteiger partial charge on any atom is 0.350 e. The number of para-hydroxylation sites is 1. The summed E-state index contributed by atoms with van der Waals surface area (Å²) in [6, 6.07) is 17.4. The molecule has 0 aliphatic carbocycles. The third-order valence-electron chi connectivity index (χ3n) is 6.04. The van der Waals surface area contributed by atoms with E-state index in [1.54, 1.807) is 11.6 Å². The lowest BCUT2D eigenvalue weighted by Crippen LogP contribution is -2.42. The summed E-state index contributed by atoms with van der Waals surface area (Å²) < 4.78 is 3.04. The van der Waals surface area contributed by atoms with Crippen molar-refractivity contribution < 1.29 is 4.79 Å². The minimum Gasteiger partial charge on any atom is -0.324 e. The molecule has 1 atom stereocenters. The molecule has 1 aliphatic rings. The molecule has 168 valence electrons. The largest absolute Gasteiger partial charge is 0.350 e. The quantitative estimate of drug-likeness (QED) is 0.670. The van der Waals surface area contributed by atoms with Crippen LogP contribution in [0.4, 0.5) is 10.5 Å². The van der Waals surface area contributed by atoms with Crippen LogP contribution in [0.3, 0.4) is 0 Å². The zero-order valence-corrected chi connectivity index (χ0v) is 19.2. The van der Waals surface area contributed by atoms with E-state index in [2.05, 4.69) is 43.3 Å². The first-order valence-electron chi connectivity index (χ1n) is 11.1. The van der Waals surface area contributed by atoms with Crippen LogP contribution in [0, 0.1) is 0 Å². The molecule has 1 unspecified atom stereocenters. The zero-order chi connectivity index (χ0) is 22.9. The van der Waals surface area contributed by atoms with Crippen molar-refractivity contribution in [2.24, 2.45) is 7.05 Å². The molecule has 1 fully saturated rings. The number of rotatable bonds is 3. The molecule has 4 rings (SSSR count). The molecule has 0 bridgehead atoms. The molecular formula is C25H31N5O2. The molecule has 7 nitrogen and oxygen atoms in total. The molecule has 0 spiro atoms. The molecule has 0 saturated carbocycles. The maximum absolute atomic E-state index is 13.0. The predicted molar refractivity (Wildman–Crippen MR) is 127 cm³/mol. The van der Waals surface area contributed by atoms with E-state index in [4.69, 9.17) is 0 Å². The van der Waals surface area contributed by atoms with Crippen LogP contribution < -0.4 is 11.0 Å². The molecule has 2 amide bonds. The van der Waals surface area contributed by atoms with Crippen molar-refractivity contribution >= 4 is 11.7 Å². The Balaban J connectivity index is 1.51. The molecule has 1 N–H and O–H groups in total. The van der Waals surface area contributed by atoms with E-state index < -0.39 is 0 Å². The number of nitrogens with zero attached hydrogens (tertiary/aromatic N) is 4. The standard InChI is InChI=1S/C25H31N5O2/c1-25(2,3)19-12-14-20(15-13-19)26-23(31)29-16-8-9-18(17-29)22-27-28(4)24(32)30(22)21-10-6-5-7-11-21/h5-7,10-15,18H,8-9,16-17H2,1-4H3,(H,26,31). The second-order valence-corrected chi connectivity index (χ2v) is 9.48. The summed E-state index contributed by atoms with van der Waals surface area (Å²) in [5, 5.41) is 7.55. The molecule has 3 aromatic rings. The smallest absolute Gasteiger partial charge is 0.324 e. The van der Waals surface area contributed by atoms with Crippen molar-refractivity contribution in [2.45, 2.75) is 44.9 Å². The number of likely N-dealkylation sites (tertiary alicyclic amines) is 1. The summed E-state index contributed by atoms with van der Waals surface area (Å²) in [5.41, 5.74) is 2.69. The Bertz CT molecular complexity index is 1140. The molecule has 32 heavy (non-hydrogen) atoms. The van der Waals surface area contributed by atoms with Gasteiger partial charge in [0.2, 0.25) is 0 Å². The normalized spacial score (nSPS) is 16.8. The number of nitrogens with one attached hydrogen (secondary N) is 1. The van der Waals surface area contributed by atoms with Gasteiger partial charge in [0.1, 0.15) is 5.82 Å². The SMILES string of the molecule is Cn1nc(C2CCCN(C(=O)Nc3ccc(C(C)(C)C)cc3)C2)n(-c2ccccc2)c1=O. The fourth-order valence-corrected chi connectivity index (χ4v) is 4.20. The van der Waals surface area contributed by atoms with Gasteiger partial charge in [0, 0.05) is 31.7 Å². The first-order chi connectivity index (χ1) is 15.2. The average Bonchev–Trinajstić information content (AvgIpc) is 3.08. The van der Waals surface area contributed by atoms with Gasteiger partial charge in [-0.05, 0) is 48.1 Å². The van der Waals surface area contributed by atoms with Gasteiger partial charge in [-0.15, -0.1) is 0 Å². The lowest BCUT2D eigenvalue weighted by molar-refractivity contribution is 0.191. The molecule has 7 heteroatoms. The number of hydrogen-bond acceptors (Lipinski definition) is 3. The number of aromatic nitrogens is 3. The van der Waals surface area contributed by atoms with Crippen LogP contribution in [0.5, 0.6) is 0 Å². The van der Waals surface area contributed by atoms with Crippen molar-refractivity contribution in [3.05, 3.63) is 76.5 Å². The van der Waals surface area contributed by atoms with Crippen LogP contribution in [0.25, 0.3) is 5.69 Å². The van der Waals surface area contributed by atoms with E-state index in [0.29, 0.717) is 18.9 Å². The van der Waals surface area contributed by atoms with Crippen LogP contribution in [0.15, 0.2) is 59.4 Å². The van der Waals surface area contributed by atoms with Gasteiger partial charge in [-0.3, -0.25) is 0 Å². The molecular weight excluding hydrogens is 402 g/mol. The summed E-state index contributed by atoms with van der Waals surface area (Å²) >= 11 is 0. The van der Waals surface area contributed by atoms with Crippen LogP contribution >= 0.6 is 0 Å². The van der Waals surface area contributed by atoms with E-state index in [9.17, 15) is 9.59 Å². The monoisotopic (exact) mass is 433 g/mol. The van der Waals surface area contributed by atoms with E-state index in [1.165, 1.54) is 10.2 Å². The van der Waals surface area contributed by atoms with Crippen molar-refractivity contribution in [2.75, 3.05) is 18.4 Å². The lowest BCUT2D eigenvalue weighted by atomic mass is 9.87. The number of carbonyl (C=O) groups excluding carboxylic acids is 1. The third-order valence-corrected chi connectivity index (χ3v) is 6.04. The number of carbonyl (C=O) groups is 1. The maximum atomic E-state index is 13.0. The molecule has 1 saturated heterocycles. The van der Waals surface area contributed by atoms with Crippen LogP contribution in [0.1, 0.15) is 50.9 Å². The first kappa shape index (κ1) is 21.9. The Morgan fingerprint density at radius 2 is 1.75 bits per heavy atom. The summed E-state index contributed by atoms with van der Waals surface area (Å²) in [6.45, 7) is 7.71. The van der Waals surface area contributed by atoms with Crippen LogP contribution in [0.2, 0.25) is 0 Å². The Morgan fingerprint density at radius 3 is 2.41 bits per heavy atom. The van der Waals surface area contributed by atoms with E-state index in [0.717, 1.165) is 24.2 Å². The lowest BCUT2D eigenvalue weighted by Gasteiger charge is -2.32. The fraction of sp³-hybridized carbons (Fsp3) is 0.400. The second kappa shape index (κ2) is 8.65. The Kier molecular flexibility index (Phi) is 5.91. The Labute approximate surface area is 188 Å². The van der Waals surface area contributed by atoms with Gasteiger partial charge in [0.25, 0.3) is 0 Å². The van der Waals surface area contributed by atoms with E-state index in [-0.39, 0.29) is 23.1 Å². The summed E-state index contributed by atoms with van der Waals surface area (Å²) in [7, 11) is 1.67. The van der Waals surface area contributed by atoms with Gasteiger partial charge in [-0.25, -0.2) is 18.8 Å². The van der Waals surface area contributed by atoms with Crippen molar-refractivity contribution in [3.8, 4) is 5.69 Å². The van der Waals surface area contributed by atoms with Gasteiger partial charge in [-0.2, -0.15) is 5.10 Å². The Hall–Kier alpha value is -3.35. The third kappa shape index (κ3) is 4.47. The Morgan fingerprint density at radius 1 is 1.06 bits per heavy atom. The molecule has 0 radical (unpaired) electrons. The summed E-state index contributed by atoms with van der Waals surface area (Å²) in [6.07, 6.45) is 1.74. The van der Waals surface area contributed by atoms with Gasteiger partial charge in [0.15, 0.2) is 0 Å². The van der Waals surface area contributed by atoms with Gasteiger partial charge in [-0.1, -0.05) is 51.1 Å². The molecule has 1 aliphatic heterocycles. The topological polar surface area (TPSA) is 72.2 Å². The minimum absolute atomic E-state index is 0.00753. The summed E-state index contributed by atoms with van der Waals surface area (Å²) in [5.74, 6) is 0.697. The number of benzene rings is 2. The predicted octanol–water partition coefficient (Wildman–Crippen LogP) is 4.28. The number of amides is 2.